The molecule has 1 saturated carbocycles. The lowest BCUT2D eigenvalue weighted by Gasteiger charge is -2.26. The number of esters is 1. The number of aromatic nitrogens is 1. The first-order chi connectivity index (χ1) is 14.9. The van der Waals surface area contributed by atoms with E-state index in [9.17, 15) is 19.6 Å². The molecule has 1 aliphatic rings. The Morgan fingerprint density at radius 1 is 1.19 bits per heavy atom. The van der Waals surface area contributed by atoms with Gasteiger partial charge in [0.15, 0.2) is 6.61 Å². The molecule has 1 fully saturated rings. The van der Waals surface area contributed by atoms with Crippen molar-refractivity contribution in [1.29, 1.82) is 5.26 Å². The van der Waals surface area contributed by atoms with Crippen LogP contribution in [0.15, 0.2) is 11.6 Å². The molecule has 0 bridgehead atoms. The van der Waals surface area contributed by atoms with Crippen molar-refractivity contribution < 1.29 is 19.1 Å². The lowest BCUT2D eigenvalue weighted by molar-refractivity contribution is -0.144. The van der Waals surface area contributed by atoms with Crippen LogP contribution < -0.4 is 10.6 Å². The van der Waals surface area contributed by atoms with E-state index in [-0.39, 0.29) is 18.0 Å². The fourth-order valence-electron chi connectivity index (χ4n) is 3.91. The van der Waals surface area contributed by atoms with E-state index in [0.717, 1.165) is 36.2 Å². The minimum absolute atomic E-state index is 0.169. The van der Waals surface area contributed by atoms with Crippen LogP contribution in [0.4, 0.5) is 0 Å². The van der Waals surface area contributed by atoms with E-state index in [0.29, 0.717) is 12.6 Å². The molecule has 0 unspecified atom stereocenters. The maximum Gasteiger partial charge on any atom is 0.349 e. The number of hydrogen-bond donors (Lipinski definition) is 2. The van der Waals surface area contributed by atoms with Crippen LogP contribution in [-0.2, 0) is 19.1 Å². The monoisotopic (exact) mass is 428 g/mol. The van der Waals surface area contributed by atoms with Crippen molar-refractivity contribution in [3.05, 3.63) is 28.6 Å². The summed E-state index contributed by atoms with van der Waals surface area (Å²) in [7, 11) is 0. The minimum Gasteiger partial charge on any atom is -0.451 e. The van der Waals surface area contributed by atoms with Crippen LogP contribution in [0.1, 0.15) is 68.4 Å². The maximum absolute atomic E-state index is 12.3. The average molecular weight is 429 g/mol. The highest BCUT2D eigenvalue weighted by molar-refractivity contribution is 5.99. The second kappa shape index (κ2) is 11.9. The fourth-order valence-corrected chi connectivity index (χ4v) is 3.91. The Bertz CT molecular complexity index is 873. The summed E-state index contributed by atoms with van der Waals surface area (Å²) in [6.45, 7) is 5.73. The van der Waals surface area contributed by atoms with E-state index in [1.165, 1.54) is 25.3 Å². The molecule has 0 spiro atoms. The fraction of sp³-hybridized carbons (Fsp3) is 0.565. The number of nitriles is 1. The van der Waals surface area contributed by atoms with Gasteiger partial charge in [-0.1, -0.05) is 26.2 Å². The van der Waals surface area contributed by atoms with Crippen molar-refractivity contribution in [3.8, 4) is 6.07 Å². The van der Waals surface area contributed by atoms with Gasteiger partial charge in [-0.3, -0.25) is 9.59 Å². The van der Waals surface area contributed by atoms with Crippen LogP contribution >= 0.6 is 0 Å². The van der Waals surface area contributed by atoms with Gasteiger partial charge in [0.1, 0.15) is 11.6 Å². The molecule has 2 N–H and O–H groups in total. The zero-order valence-corrected chi connectivity index (χ0v) is 18.6. The van der Waals surface area contributed by atoms with E-state index < -0.39 is 18.5 Å². The number of amides is 2. The molecule has 8 heteroatoms. The lowest BCUT2D eigenvalue weighted by Crippen LogP contribution is -2.39. The van der Waals surface area contributed by atoms with E-state index in [2.05, 4.69) is 15.2 Å². The molecular weight excluding hydrogens is 396 g/mol. The molecule has 2 rings (SSSR count). The molecule has 1 aliphatic carbocycles. The zero-order valence-electron chi connectivity index (χ0n) is 18.6. The number of nitrogens with zero attached hydrogens (tertiary/aromatic N) is 2. The first-order valence-electron chi connectivity index (χ1n) is 10.9. The minimum atomic E-state index is -0.865. The number of nitrogens with one attached hydrogen (secondary N) is 2. The van der Waals surface area contributed by atoms with Crippen molar-refractivity contribution in [2.45, 2.75) is 65.3 Å². The van der Waals surface area contributed by atoms with Gasteiger partial charge < -0.3 is 19.9 Å². The summed E-state index contributed by atoms with van der Waals surface area (Å²) in [5, 5.41) is 14.4. The van der Waals surface area contributed by atoms with Gasteiger partial charge in [-0.05, 0) is 50.8 Å². The lowest BCUT2D eigenvalue weighted by atomic mass is 9.95. The van der Waals surface area contributed by atoms with Crippen molar-refractivity contribution in [3.63, 3.8) is 0 Å². The third kappa shape index (κ3) is 6.99. The predicted molar refractivity (Wildman–Crippen MR) is 117 cm³/mol. The number of aryl methyl sites for hydroxylation is 1. The second-order valence-electron chi connectivity index (χ2n) is 7.86. The molecule has 2 amide bonds. The highest BCUT2D eigenvalue weighted by Gasteiger charge is 2.21. The molecule has 31 heavy (non-hydrogen) atoms. The molecule has 0 radical (unpaired) electrons. The summed E-state index contributed by atoms with van der Waals surface area (Å²) < 4.78 is 7.25. The van der Waals surface area contributed by atoms with Crippen molar-refractivity contribution in [2.75, 3.05) is 19.7 Å². The van der Waals surface area contributed by atoms with Crippen LogP contribution in [0.5, 0.6) is 0 Å². The Balaban J connectivity index is 1.97. The summed E-state index contributed by atoms with van der Waals surface area (Å²) in [4.78, 5) is 35.6. The van der Waals surface area contributed by atoms with Gasteiger partial charge in [-0.2, -0.15) is 5.26 Å². The summed E-state index contributed by atoms with van der Waals surface area (Å²) >= 11 is 0. The normalized spacial score (nSPS) is 14.6. The molecule has 0 saturated heterocycles. The molecule has 168 valence electrons. The van der Waals surface area contributed by atoms with Gasteiger partial charge in [0, 0.05) is 24.0 Å². The number of carbonyl (C=O) groups is 3. The number of ether oxygens (including phenoxy) is 1. The second-order valence-corrected chi connectivity index (χ2v) is 7.86. The third-order valence-corrected chi connectivity index (χ3v) is 5.46. The summed E-state index contributed by atoms with van der Waals surface area (Å²) in [5.74, 6) is -1.78. The van der Waals surface area contributed by atoms with Gasteiger partial charge in [0.05, 0.1) is 6.54 Å². The zero-order chi connectivity index (χ0) is 22.8. The number of hydrogen-bond acceptors (Lipinski definition) is 5. The van der Waals surface area contributed by atoms with Crippen LogP contribution in [0.3, 0.4) is 0 Å². The summed E-state index contributed by atoms with van der Waals surface area (Å²) in [5.41, 5.74) is 2.74. The van der Waals surface area contributed by atoms with Crippen LogP contribution in [-0.4, -0.2) is 42.0 Å². The topological polar surface area (TPSA) is 113 Å². The predicted octanol–water partition coefficient (Wildman–Crippen LogP) is 2.70. The summed E-state index contributed by atoms with van der Waals surface area (Å²) in [6, 6.07) is 4.28. The molecule has 1 aromatic heterocycles. The third-order valence-electron chi connectivity index (χ3n) is 5.46. The number of rotatable bonds is 9. The first kappa shape index (κ1) is 24.2. The quantitative estimate of drug-likeness (QED) is 0.357. The van der Waals surface area contributed by atoms with Crippen molar-refractivity contribution in [1.82, 2.24) is 15.2 Å². The van der Waals surface area contributed by atoms with Crippen LogP contribution in [0.25, 0.3) is 6.08 Å². The van der Waals surface area contributed by atoms with Gasteiger partial charge in [0.2, 0.25) is 5.91 Å². The van der Waals surface area contributed by atoms with Crippen LogP contribution in [0, 0.1) is 25.2 Å². The molecule has 0 aliphatic heterocycles. The van der Waals surface area contributed by atoms with Gasteiger partial charge in [0.25, 0.3) is 5.91 Å². The molecule has 1 heterocycles. The van der Waals surface area contributed by atoms with Gasteiger partial charge in [-0.15, -0.1) is 0 Å². The largest absolute Gasteiger partial charge is 0.451 e. The highest BCUT2D eigenvalue weighted by atomic mass is 16.5. The van der Waals surface area contributed by atoms with Crippen LogP contribution in [0.2, 0.25) is 0 Å². The van der Waals surface area contributed by atoms with E-state index in [4.69, 9.17) is 4.74 Å². The molecule has 8 nitrogen and oxygen atoms in total. The Labute approximate surface area is 183 Å². The summed E-state index contributed by atoms with van der Waals surface area (Å²) in [6.07, 6.45) is 8.28. The molecular formula is C23H32N4O4. The Morgan fingerprint density at radius 3 is 2.55 bits per heavy atom. The highest BCUT2D eigenvalue weighted by Crippen LogP contribution is 2.32. The number of carbonyl (C=O) groups excluding carboxylic acids is 3. The van der Waals surface area contributed by atoms with Gasteiger partial charge >= 0.3 is 5.97 Å². The Morgan fingerprint density at radius 2 is 1.90 bits per heavy atom. The molecule has 0 atom stereocenters. The molecule has 1 aromatic rings. The van der Waals surface area contributed by atoms with E-state index in [1.54, 1.807) is 0 Å². The Kier molecular flexibility index (Phi) is 9.32. The smallest absolute Gasteiger partial charge is 0.349 e. The standard InChI is InChI=1S/C23H32N4O4/c1-4-10-25-21(28)14-26-22(29)15-31-23(30)19(13-24)12-18-11-16(2)27(17(18)3)20-8-6-5-7-9-20/h11-12,20H,4-10,14-15H2,1-3H3,(H,25,28)(H,26,29)/b19-12+. The molecule has 0 aromatic carbocycles. The Hall–Kier alpha value is -3.08. The maximum atomic E-state index is 12.3. The SMILES string of the molecule is CCCNC(=O)CNC(=O)COC(=O)/C(C#N)=C/c1cc(C)n(C2CCCCC2)c1C. The average Bonchev–Trinajstić information content (AvgIpc) is 3.05. The first-order valence-corrected chi connectivity index (χ1v) is 10.9. The van der Waals surface area contributed by atoms with Crippen molar-refractivity contribution >= 4 is 23.9 Å². The van der Waals surface area contributed by atoms with Gasteiger partial charge in [-0.25, -0.2) is 4.79 Å². The van der Waals surface area contributed by atoms with E-state index >= 15 is 0 Å². The van der Waals surface area contributed by atoms with Crippen molar-refractivity contribution in [2.24, 2.45) is 0 Å². The van der Waals surface area contributed by atoms with E-state index in [1.807, 2.05) is 32.9 Å².